The lowest BCUT2D eigenvalue weighted by molar-refractivity contribution is 0.0963. The zero-order valence-corrected chi connectivity index (χ0v) is 12.5. The van der Waals surface area contributed by atoms with E-state index in [0.29, 0.717) is 11.6 Å². The van der Waals surface area contributed by atoms with Gasteiger partial charge in [0.15, 0.2) is 0 Å². The van der Waals surface area contributed by atoms with E-state index in [-0.39, 0.29) is 5.91 Å². The van der Waals surface area contributed by atoms with Gasteiger partial charge in [-0.15, -0.1) is 0 Å². The van der Waals surface area contributed by atoms with Gasteiger partial charge in [-0.25, -0.2) is 0 Å². The van der Waals surface area contributed by atoms with E-state index in [9.17, 15) is 4.79 Å². The number of rotatable bonds is 5. The zero-order chi connectivity index (χ0) is 14.4. The van der Waals surface area contributed by atoms with Crippen molar-refractivity contribution in [1.29, 1.82) is 0 Å². The standard InChI is InChI=1S/C16H25N3O/c1-3-10-19-11-8-15(9-12-19)18-14-6-4-13(5-7-14)16(20)17-2/h4-7,15,18H,3,8-12H2,1-2H3,(H,17,20). The van der Waals surface area contributed by atoms with Crippen molar-refractivity contribution < 1.29 is 4.79 Å². The number of anilines is 1. The molecule has 1 fully saturated rings. The molecule has 1 aromatic carbocycles. The highest BCUT2D eigenvalue weighted by Crippen LogP contribution is 2.17. The van der Waals surface area contributed by atoms with Crippen LogP contribution in [0.2, 0.25) is 0 Å². The van der Waals surface area contributed by atoms with Crippen LogP contribution in [0, 0.1) is 0 Å². The zero-order valence-electron chi connectivity index (χ0n) is 12.5. The summed E-state index contributed by atoms with van der Waals surface area (Å²) in [4.78, 5) is 14.0. The number of carbonyl (C=O) groups excluding carboxylic acids is 1. The van der Waals surface area contributed by atoms with E-state index in [0.717, 1.165) is 5.69 Å². The first-order chi connectivity index (χ1) is 9.72. The van der Waals surface area contributed by atoms with Crippen molar-refractivity contribution in [3.63, 3.8) is 0 Å². The van der Waals surface area contributed by atoms with Gasteiger partial charge in [0, 0.05) is 37.4 Å². The SMILES string of the molecule is CCCN1CCC(Nc2ccc(C(=O)NC)cc2)CC1. The van der Waals surface area contributed by atoms with Crippen molar-refractivity contribution in [2.45, 2.75) is 32.2 Å². The first-order valence-corrected chi connectivity index (χ1v) is 7.54. The van der Waals surface area contributed by atoms with Gasteiger partial charge in [-0.2, -0.15) is 0 Å². The van der Waals surface area contributed by atoms with Gasteiger partial charge in [0.05, 0.1) is 0 Å². The van der Waals surface area contributed by atoms with Crippen molar-refractivity contribution in [1.82, 2.24) is 10.2 Å². The molecule has 0 bridgehead atoms. The smallest absolute Gasteiger partial charge is 0.251 e. The molecular formula is C16H25N3O. The molecule has 1 aliphatic rings. The highest BCUT2D eigenvalue weighted by molar-refractivity contribution is 5.94. The van der Waals surface area contributed by atoms with Crippen LogP contribution >= 0.6 is 0 Å². The first kappa shape index (κ1) is 14.9. The van der Waals surface area contributed by atoms with Crippen molar-refractivity contribution >= 4 is 11.6 Å². The second-order valence-corrected chi connectivity index (χ2v) is 5.42. The van der Waals surface area contributed by atoms with Crippen LogP contribution in [0.5, 0.6) is 0 Å². The van der Waals surface area contributed by atoms with Crippen molar-refractivity contribution in [2.24, 2.45) is 0 Å². The van der Waals surface area contributed by atoms with Gasteiger partial charge in [-0.05, 0) is 50.1 Å². The summed E-state index contributed by atoms with van der Waals surface area (Å²) in [5.41, 5.74) is 1.81. The normalized spacial score (nSPS) is 16.9. The Bertz CT molecular complexity index is 422. The summed E-state index contributed by atoms with van der Waals surface area (Å²) in [7, 11) is 1.65. The van der Waals surface area contributed by atoms with E-state index in [1.165, 1.54) is 38.9 Å². The summed E-state index contributed by atoms with van der Waals surface area (Å²) in [6.45, 7) is 5.82. The Kier molecular flexibility index (Phi) is 5.41. The number of likely N-dealkylation sites (tertiary alicyclic amines) is 1. The highest BCUT2D eigenvalue weighted by atomic mass is 16.1. The van der Waals surface area contributed by atoms with Gasteiger partial charge in [-0.1, -0.05) is 6.92 Å². The number of carbonyl (C=O) groups is 1. The Hall–Kier alpha value is -1.55. The van der Waals surface area contributed by atoms with Crippen LogP contribution in [-0.4, -0.2) is 43.5 Å². The van der Waals surface area contributed by atoms with Crippen molar-refractivity contribution in [3.8, 4) is 0 Å². The van der Waals surface area contributed by atoms with Gasteiger partial charge >= 0.3 is 0 Å². The monoisotopic (exact) mass is 275 g/mol. The van der Waals surface area contributed by atoms with Crippen molar-refractivity contribution in [2.75, 3.05) is 32.0 Å². The number of hydrogen-bond acceptors (Lipinski definition) is 3. The molecule has 1 amide bonds. The van der Waals surface area contributed by atoms with E-state index in [1.54, 1.807) is 7.05 Å². The number of nitrogens with zero attached hydrogens (tertiary/aromatic N) is 1. The second kappa shape index (κ2) is 7.29. The number of amides is 1. The summed E-state index contributed by atoms with van der Waals surface area (Å²) in [6.07, 6.45) is 3.62. The molecule has 1 heterocycles. The van der Waals surface area contributed by atoms with E-state index >= 15 is 0 Å². The molecule has 4 heteroatoms. The lowest BCUT2D eigenvalue weighted by Gasteiger charge is -2.32. The highest BCUT2D eigenvalue weighted by Gasteiger charge is 2.18. The maximum atomic E-state index is 11.5. The van der Waals surface area contributed by atoms with Gasteiger partial charge in [0.2, 0.25) is 0 Å². The summed E-state index contributed by atoms with van der Waals surface area (Å²) < 4.78 is 0. The molecule has 0 atom stereocenters. The maximum absolute atomic E-state index is 11.5. The molecule has 0 aromatic heterocycles. The topological polar surface area (TPSA) is 44.4 Å². The molecule has 2 N–H and O–H groups in total. The third-order valence-electron chi connectivity index (χ3n) is 3.87. The van der Waals surface area contributed by atoms with Crippen LogP contribution in [0.15, 0.2) is 24.3 Å². The summed E-state index contributed by atoms with van der Waals surface area (Å²) >= 11 is 0. The van der Waals surface area contributed by atoms with Crippen molar-refractivity contribution in [3.05, 3.63) is 29.8 Å². The molecule has 0 unspecified atom stereocenters. The fourth-order valence-corrected chi connectivity index (χ4v) is 2.72. The quantitative estimate of drug-likeness (QED) is 0.867. The number of piperidine rings is 1. The van der Waals surface area contributed by atoms with Crippen LogP contribution in [0.25, 0.3) is 0 Å². The molecule has 1 aliphatic heterocycles. The predicted molar refractivity (Wildman–Crippen MR) is 83.2 cm³/mol. The van der Waals surface area contributed by atoms with Crippen LogP contribution < -0.4 is 10.6 Å². The fourth-order valence-electron chi connectivity index (χ4n) is 2.72. The molecule has 0 radical (unpaired) electrons. The minimum Gasteiger partial charge on any atom is -0.382 e. The maximum Gasteiger partial charge on any atom is 0.251 e. The Morgan fingerprint density at radius 1 is 1.25 bits per heavy atom. The summed E-state index contributed by atoms with van der Waals surface area (Å²) in [5.74, 6) is -0.0376. The lowest BCUT2D eigenvalue weighted by Crippen LogP contribution is -2.39. The van der Waals surface area contributed by atoms with Crippen LogP contribution in [0.3, 0.4) is 0 Å². The van der Waals surface area contributed by atoms with Crippen LogP contribution in [0.4, 0.5) is 5.69 Å². The molecule has 4 nitrogen and oxygen atoms in total. The minimum atomic E-state index is -0.0376. The largest absolute Gasteiger partial charge is 0.382 e. The average molecular weight is 275 g/mol. The third-order valence-corrected chi connectivity index (χ3v) is 3.87. The minimum absolute atomic E-state index is 0.0376. The molecule has 0 saturated carbocycles. The number of benzene rings is 1. The van der Waals surface area contributed by atoms with E-state index in [2.05, 4.69) is 22.5 Å². The van der Waals surface area contributed by atoms with Gasteiger partial charge in [0.1, 0.15) is 0 Å². The van der Waals surface area contributed by atoms with Gasteiger partial charge in [-0.3, -0.25) is 4.79 Å². The van der Waals surface area contributed by atoms with Crippen LogP contribution in [0.1, 0.15) is 36.5 Å². The van der Waals surface area contributed by atoms with Crippen LogP contribution in [-0.2, 0) is 0 Å². The first-order valence-electron chi connectivity index (χ1n) is 7.54. The molecule has 0 aliphatic carbocycles. The van der Waals surface area contributed by atoms with E-state index in [1.807, 2.05) is 24.3 Å². The lowest BCUT2D eigenvalue weighted by atomic mass is 10.0. The van der Waals surface area contributed by atoms with Gasteiger partial charge in [0.25, 0.3) is 5.91 Å². The van der Waals surface area contributed by atoms with E-state index in [4.69, 9.17) is 0 Å². The van der Waals surface area contributed by atoms with E-state index < -0.39 is 0 Å². The molecule has 0 spiro atoms. The molecule has 2 rings (SSSR count). The van der Waals surface area contributed by atoms with Gasteiger partial charge < -0.3 is 15.5 Å². The Morgan fingerprint density at radius 2 is 1.90 bits per heavy atom. The fraction of sp³-hybridized carbons (Fsp3) is 0.562. The molecule has 110 valence electrons. The Labute approximate surface area is 121 Å². The third kappa shape index (κ3) is 3.97. The Morgan fingerprint density at radius 3 is 2.45 bits per heavy atom. The summed E-state index contributed by atoms with van der Waals surface area (Å²) in [6, 6.07) is 8.26. The second-order valence-electron chi connectivity index (χ2n) is 5.42. The molecule has 1 aromatic rings. The molecular weight excluding hydrogens is 250 g/mol. The molecule has 20 heavy (non-hydrogen) atoms. The Balaban J connectivity index is 1.84. The summed E-state index contributed by atoms with van der Waals surface area (Å²) in [5, 5.41) is 6.20. The average Bonchev–Trinajstić information content (AvgIpc) is 2.49. The number of nitrogens with one attached hydrogen (secondary N) is 2. The number of hydrogen-bond donors (Lipinski definition) is 2. The predicted octanol–water partition coefficient (Wildman–Crippen LogP) is 2.33. The molecule has 1 saturated heterocycles.